The predicted octanol–water partition coefficient (Wildman–Crippen LogP) is 4.90. The Morgan fingerprint density at radius 1 is 1.19 bits per heavy atom. The molecule has 0 radical (unpaired) electrons. The molecule has 1 N–H and O–H groups in total. The summed E-state index contributed by atoms with van der Waals surface area (Å²) >= 11 is 0. The van der Waals surface area contributed by atoms with Crippen molar-refractivity contribution >= 4 is 11.7 Å². The highest BCUT2D eigenvalue weighted by atomic mass is 16.5. The maximum absolute atomic E-state index is 13.2. The summed E-state index contributed by atoms with van der Waals surface area (Å²) in [6, 6.07) is 5.57. The third-order valence-corrected chi connectivity index (χ3v) is 6.03. The number of ketones is 1. The lowest BCUT2D eigenvalue weighted by molar-refractivity contribution is -0.118. The summed E-state index contributed by atoms with van der Waals surface area (Å²) in [4.78, 5) is 17.6. The number of hydrogen-bond acceptors (Lipinski definition) is 6. The topological polar surface area (TPSA) is 78.3 Å². The van der Waals surface area contributed by atoms with Crippen LogP contribution in [0.2, 0.25) is 0 Å². The Balaban J connectivity index is 1.66. The van der Waals surface area contributed by atoms with Crippen LogP contribution in [0.25, 0.3) is 0 Å². The molecule has 2 aromatic rings. The number of unbranched alkanes of at least 4 members (excludes halogenated alkanes) is 3. The molecular weight excluding hydrogens is 392 g/mol. The van der Waals surface area contributed by atoms with Crippen LogP contribution in [-0.4, -0.2) is 34.3 Å². The van der Waals surface area contributed by atoms with Gasteiger partial charge in [-0.25, -0.2) is 4.68 Å². The lowest BCUT2D eigenvalue weighted by Gasteiger charge is -2.38. The van der Waals surface area contributed by atoms with Crippen LogP contribution in [0.4, 0.5) is 5.95 Å². The zero-order valence-electron chi connectivity index (χ0n) is 18.9. The molecule has 0 fully saturated rings. The lowest BCUT2D eigenvalue weighted by atomic mass is 9.73. The minimum atomic E-state index is -0.329. The van der Waals surface area contributed by atoms with Gasteiger partial charge < -0.3 is 14.8 Å². The molecule has 0 amide bonds. The van der Waals surface area contributed by atoms with Crippen molar-refractivity contribution in [2.24, 2.45) is 5.41 Å². The van der Waals surface area contributed by atoms with E-state index in [-0.39, 0.29) is 17.2 Å². The second-order valence-corrected chi connectivity index (χ2v) is 9.21. The van der Waals surface area contributed by atoms with Crippen LogP contribution in [0.1, 0.15) is 70.9 Å². The van der Waals surface area contributed by atoms with Crippen molar-refractivity contribution in [1.29, 1.82) is 0 Å². The van der Waals surface area contributed by atoms with Gasteiger partial charge in [0.25, 0.3) is 0 Å². The summed E-state index contributed by atoms with van der Waals surface area (Å²) in [5, 5.41) is 7.76. The minimum absolute atomic E-state index is 0.0805. The molecule has 7 nitrogen and oxygen atoms in total. The predicted molar refractivity (Wildman–Crippen MR) is 119 cm³/mol. The first-order valence-electron chi connectivity index (χ1n) is 11.2. The Labute approximate surface area is 183 Å². The minimum Gasteiger partial charge on any atom is -0.493 e. The monoisotopic (exact) mass is 424 g/mol. The Bertz CT molecular complexity index is 992. The van der Waals surface area contributed by atoms with Crippen LogP contribution in [0.3, 0.4) is 0 Å². The van der Waals surface area contributed by atoms with Crippen LogP contribution in [-0.2, 0) is 4.79 Å². The summed E-state index contributed by atoms with van der Waals surface area (Å²) in [6.45, 7) is 7.11. The molecule has 1 aliphatic heterocycles. The van der Waals surface area contributed by atoms with E-state index < -0.39 is 0 Å². The highest BCUT2D eigenvalue weighted by Crippen LogP contribution is 2.46. The summed E-state index contributed by atoms with van der Waals surface area (Å²) in [5.41, 5.74) is 2.57. The molecule has 0 saturated carbocycles. The molecule has 31 heavy (non-hydrogen) atoms. The molecular formula is C24H32N4O3. The number of aromatic nitrogens is 3. The van der Waals surface area contributed by atoms with Gasteiger partial charge in [-0.1, -0.05) is 46.1 Å². The number of anilines is 1. The maximum Gasteiger partial charge on any atom is 0.226 e. The first-order chi connectivity index (χ1) is 14.9. The van der Waals surface area contributed by atoms with Gasteiger partial charge in [0.05, 0.1) is 13.7 Å². The van der Waals surface area contributed by atoms with Crippen LogP contribution in [0, 0.1) is 5.41 Å². The number of hydrogen-bond donors (Lipinski definition) is 1. The number of carbonyl (C=O) groups excluding carboxylic acids is 1. The molecule has 1 aromatic carbocycles. The van der Waals surface area contributed by atoms with Crippen molar-refractivity contribution < 1.29 is 14.3 Å². The van der Waals surface area contributed by atoms with Gasteiger partial charge in [0, 0.05) is 17.7 Å². The van der Waals surface area contributed by atoms with Crippen LogP contribution in [0.15, 0.2) is 35.8 Å². The third kappa shape index (κ3) is 4.31. The lowest BCUT2D eigenvalue weighted by Crippen LogP contribution is -2.36. The van der Waals surface area contributed by atoms with Crippen molar-refractivity contribution in [3.05, 3.63) is 41.4 Å². The molecule has 2 heterocycles. The highest BCUT2D eigenvalue weighted by Gasteiger charge is 2.41. The fraction of sp³-hybridized carbons (Fsp3) is 0.542. The summed E-state index contributed by atoms with van der Waals surface area (Å²) < 4.78 is 13.4. The van der Waals surface area contributed by atoms with Crippen molar-refractivity contribution in [2.45, 2.75) is 65.3 Å². The second-order valence-electron chi connectivity index (χ2n) is 9.21. The molecule has 166 valence electrons. The Morgan fingerprint density at radius 2 is 2.03 bits per heavy atom. The Morgan fingerprint density at radius 3 is 2.81 bits per heavy atom. The first-order valence-corrected chi connectivity index (χ1v) is 11.2. The van der Waals surface area contributed by atoms with Crippen molar-refractivity contribution in [1.82, 2.24) is 14.8 Å². The summed E-state index contributed by atoms with van der Waals surface area (Å²) in [5.74, 6) is 2.20. The second kappa shape index (κ2) is 8.73. The summed E-state index contributed by atoms with van der Waals surface area (Å²) in [6.07, 6.45) is 7.45. The summed E-state index contributed by atoms with van der Waals surface area (Å²) in [7, 11) is 1.64. The van der Waals surface area contributed by atoms with Gasteiger partial charge in [0.15, 0.2) is 17.3 Å². The molecule has 1 unspecified atom stereocenters. The fourth-order valence-corrected chi connectivity index (χ4v) is 4.54. The SMILES string of the molecule is CCCCCCOc1ccc(C2C3=C(CC(C)(C)CC3=O)Nc3ncnn32)cc1OC. The normalized spacial score (nSPS) is 19.5. The van der Waals surface area contributed by atoms with E-state index in [1.54, 1.807) is 11.8 Å². The Kier molecular flexibility index (Phi) is 6.03. The molecule has 0 spiro atoms. The van der Waals surface area contributed by atoms with E-state index >= 15 is 0 Å². The number of benzene rings is 1. The van der Waals surface area contributed by atoms with Gasteiger partial charge in [0.2, 0.25) is 5.95 Å². The standard InChI is InChI=1S/C24H32N4O3/c1-5-6-7-8-11-31-19-10-9-16(12-20(19)30-4)22-21-17(13-24(2,3)14-18(21)29)27-23-25-15-26-28(22)23/h9-10,12,15,22H,5-8,11,13-14H2,1-4H3,(H,25,26,27). The average Bonchev–Trinajstić information content (AvgIpc) is 3.19. The van der Waals surface area contributed by atoms with Crippen LogP contribution < -0.4 is 14.8 Å². The molecule has 4 rings (SSSR count). The van der Waals surface area contributed by atoms with Crippen molar-refractivity contribution in [2.75, 3.05) is 19.0 Å². The average molecular weight is 425 g/mol. The molecule has 1 aromatic heterocycles. The van der Waals surface area contributed by atoms with E-state index in [4.69, 9.17) is 9.47 Å². The molecule has 1 aliphatic carbocycles. The number of ether oxygens (including phenoxy) is 2. The van der Waals surface area contributed by atoms with Gasteiger partial charge in [0.1, 0.15) is 12.4 Å². The van der Waals surface area contributed by atoms with Crippen LogP contribution >= 0.6 is 0 Å². The zero-order chi connectivity index (χ0) is 22.0. The van der Waals surface area contributed by atoms with Gasteiger partial charge in [-0.15, -0.1) is 0 Å². The molecule has 0 bridgehead atoms. The highest BCUT2D eigenvalue weighted by molar-refractivity contribution is 6.00. The van der Waals surface area contributed by atoms with Gasteiger partial charge in [-0.2, -0.15) is 10.1 Å². The van der Waals surface area contributed by atoms with Crippen LogP contribution in [0.5, 0.6) is 11.5 Å². The number of methoxy groups -OCH3 is 1. The van der Waals surface area contributed by atoms with Crippen molar-refractivity contribution in [3.63, 3.8) is 0 Å². The van der Waals surface area contributed by atoms with Gasteiger partial charge in [-0.05, 0) is 36.0 Å². The van der Waals surface area contributed by atoms with Crippen molar-refractivity contribution in [3.8, 4) is 11.5 Å². The van der Waals surface area contributed by atoms with E-state index in [1.165, 1.54) is 19.2 Å². The maximum atomic E-state index is 13.2. The van der Waals surface area contributed by atoms with E-state index in [9.17, 15) is 4.79 Å². The quantitative estimate of drug-likeness (QED) is 0.607. The third-order valence-electron chi connectivity index (χ3n) is 6.03. The number of allylic oxidation sites excluding steroid dienone is 2. The zero-order valence-corrected chi connectivity index (χ0v) is 18.9. The molecule has 1 atom stereocenters. The number of nitrogens with one attached hydrogen (secondary N) is 1. The molecule has 7 heteroatoms. The molecule has 2 aliphatic rings. The molecule has 0 saturated heterocycles. The Hall–Kier alpha value is -2.83. The van der Waals surface area contributed by atoms with E-state index in [1.807, 2.05) is 18.2 Å². The van der Waals surface area contributed by atoms with Gasteiger partial charge in [-0.3, -0.25) is 4.79 Å². The number of carbonyl (C=O) groups is 1. The number of rotatable bonds is 8. The number of fused-ring (bicyclic) bond motifs is 1. The first kappa shape index (κ1) is 21.4. The van der Waals surface area contributed by atoms with E-state index in [0.717, 1.165) is 41.8 Å². The van der Waals surface area contributed by atoms with E-state index in [2.05, 4.69) is 36.2 Å². The number of nitrogens with zero attached hydrogens (tertiary/aromatic N) is 3. The van der Waals surface area contributed by atoms with E-state index in [0.29, 0.717) is 24.7 Å². The largest absolute Gasteiger partial charge is 0.493 e. The fourth-order valence-electron chi connectivity index (χ4n) is 4.54. The smallest absolute Gasteiger partial charge is 0.226 e. The number of Topliss-reactive ketones (excluding diaryl/α,β-unsaturated/α-hetero) is 1. The van der Waals surface area contributed by atoms with Gasteiger partial charge >= 0.3 is 0 Å².